The molecule has 0 spiro atoms. The molecule has 0 saturated heterocycles. The summed E-state index contributed by atoms with van der Waals surface area (Å²) in [5.41, 5.74) is 1.05. The molecule has 0 fully saturated rings. The monoisotopic (exact) mass is 199 g/mol. The zero-order valence-corrected chi connectivity index (χ0v) is 8.94. The zero-order valence-electron chi connectivity index (χ0n) is 8.12. The first-order chi connectivity index (χ1) is 6.15. The molecule has 0 saturated carbocycles. The van der Waals surface area contributed by atoms with Gasteiger partial charge in [0.15, 0.2) is 0 Å². The lowest BCUT2D eigenvalue weighted by molar-refractivity contribution is 0.627. The number of anilines is 1. The van der Waals surface area contributed by atoms with Crippen LogP contribution in [0.5, 0.6) is 0 Å². The Bertz CT molecular complexity index is 258. The summed E-state index contributed by atoms with van der Waals surface area (Å²) in [6, 6.07) is 6.99. The molecule has 1 nitrogen and oxygen atoms in total. The Morgan fingerprint density at radius 3 is 2.15 bits per heavy atom. The van der Waals surface area contributed by atoms with Crippen molar-refractivity contribution < 1.29 is 4.39 Å². The third-order valence-electron chi connectivity index (χ3n) is 1.75. The smallest absolute Gasteiger partial charge is 0.123 e. The van der Waals surface area contributed by atoms with Crippen molar-refractivity contribution in [2.75, 3.05) is 10.6 Å². The predicted molar refractivity (Wildman–Crippen MR) is 57.5 cm³/mol. The Morgan fingerprint density at radius 1 is 1.23 bits per heavy atom. The van der Waals surface area contributed by atoms with E-state index in [4.69, 9.17) is 0 Å². The molecule has 1 rings (SSSR count). The fourth-order valence-electron chi connectivity index (χ4n) is 1.20. The van der Waals surface area contributed by atoms with Crippen molar-refractivity contribution in [3.63, 3.8) is 0 Å². The van der Waals surface area contributed by atoms with Gasteiger partial charge >= 0.3 is 0 Å². The van der Waals surface area contributed by atoms with E-state index in [2.05, 4.69) is 18.2 Å². The summed E-state index contributed by atoms with van der Waals surface area (Å²) in [6.45, 7) is 4.22. The highest BCUT2D eigenvalue weighted by Gasteiger charge is 2.08. The van der Waals surface area contributed by atoms with Gasteiger partial charge in [0.2, 0.25) is 0 Å². The molecule has 0 amide bonds. The first-order valence-electron chi connectivity index (χ1n) is 4.24. The van der Waals surface area contributed by atoms with Crippen LogP contribution in [0.1, 0.15) is 13.8 Å². The zero-order chi connectivity index (χ0) is 9.84. The molecule has 0 N–H and O–H groups in total. The molecular formula is C10H14FNS. The third kappa shape index (κ3) is 2.62. The van der Waals surface area contributed by atoms with Gasteiger partial charge < -0.3 is 4.31 Å². The van der Waals surface area contributed by atoms with Crippen molar-refractivity contribution in [3.8, 4) is 0 Å². The molecule has 0 unspecified atom stereocenters. The molecular weight excluding hydrogens is 185 g/mol. The fourth-order valence-corrected chi connectivity index (χ4v) is 1.96. The number of halogens is 1. The summed E-state index contributed by atoms with van der Waals surface area (Å²) in [6.07, 6.45) is 2.02. The van der Waals surface area contributed by atoms with E-state index in [1.54, 1.807) is 24.1 Å². The van der Waals surface area contributed by atoms with Crippen LogP contribution >= 0.6 is 11.9 Å². The van der Waals surface area contributed by atoms with E-state index in [-0.39, 0.29) is 5.82 Å². The normalized spacial score (nSPS) is 10.5. The Morgan fingerprint density at radius 2 is 1.77 bits per heavy atom. The van der Waals surface area contributed by atoms with E-state index in [9.17, 15) is 4.39 Å². The minimum atomic E-state index is -0.187. The summed E-state index contributed by atoms with van der Waals surface area (Å²) in [5.74, 6) is -0.187. The Kier molecular flexibility index (Phi) is 3.60. The molecule has 1 aromatic rings. The van der Waals surface area contributed by atoms with Crippen LogP contribution in [0.3, 0.4) is 0 Å². The average molecular weight is 199 g/mol. The van der Waals surface area contributed by atoms with E-state index < -0.39 is 0 Å². The van der Waals surface area contributed by atoms with E-state index >= 15 is 0 Å². The quantitative estimate of drug-likeness (QED) is 0.687. The molecule has 0 aliphatic rings. The van der Waals surface area contributed by atoms with Crippen LogP contribution < -0.4 is 4.31 Å². The van der Waals surface area contributed by atoms with E-state index in [0.29, 0.717) is 6.04 Å². The molecule has 0 bridgehead atoms. The highest BCUT2D eigenvalue weighted by molar-refractivity contribution is 8.00. The van der Waals surface area contributed by atoms with Gasteiger partial charge in [0.25, 0.3) is 0 Å². The van der Waals surface area contributed by atoms with E-state index in [1.807, 2.05) is 6.26 Å². The van der Waals surface area contributed by atoms with Gasteiger partial charge in [-0.2, -0.15) is 0 Å². The van der Waals surface area contributed by atoms with Crippen LogP contribution in [0.15, 0.2) is 24.3 Å². The largest absolute Gasteiger partial charge is 0.314 e. The number of rotatable bonds is 3. The summed E-state index contributed by atoms with van der Waals surface area (Å²) in [4.78, 5) is 0. The summed E-state index contributed by atoms with van der Waals surface area (Å²) in [7, 11) is 0. The number of benzene rings is 1. The number of hydrogen-bond donors (Lipinski definition) is 0. The second-order valence-electron chi connectivity index (χ2n) is 3.08. The summed E-state index contributed by atoms with van der Waals surface area (Å²) < 4.78 is 14.8. The lowest BCUT2D eigenvalue weighted by atomic mass is 10.3. The van der Waals surface area contributed by atoms with Gasteiger partial charge in [0, 0.05) is 18.0 Å². The van der Waals surface area contributed by atoms with Crippen molar-refractivity contribution in [2.45, 2.75) is 19.9 Å². The lowest BCUT2D eigenvalue weighted by Gasteiger charge is -2.25. The summed E-state index contributed by atoms with van der Waals surface area (Å²) in [5, 5.41) is 0. The van der Waals surface area contributed by atoms with Crippen molar-refractivity contribution in [2.24, 2.45) is 0 Å². The third-order valence-corrected chi connectivity index (χ3v) is 2.77. The first-order valence-corrected chi connectivity index (χ1v) is 5.42. The molecule has 0 aliphatic heterocycles. The van der Waals surface area contributed by atoms with Crippen molar-refractivity contribution in [3.05, 3.63) is 30.1 Å². The second kappa shape index (κ2) is 4.51. The lowest BCUT2D eigenvalue weighted by Crippen LogP contribution is -2.22. The molecule has 0 aromatic heterocycles. The highest BCUT2D eigenvalue weighted by atomic mass is 32.2. The van der Waals surface area contributed by atoms with Gasteiger partial charge in [0.05, 0.1) is 0 Å². The van der Waals surface area contributed by atoms with Gasteiger partial charge in [-0.05, 0) is 38.1 Å². The Hall–Kier alpha value is -0.700. The van der Waals surface area contributed by atoms with Gasteiger partial charge in [-0.3, -0.25) is 0 Å². The topological polar surface area (TPSA) is 3.24 Å². The molecule has 0 heterocycles. The van der Waals surface area contributed by atoms with Gasteiger partial charge in [0.1, 0.15) is 5.82 Å². The van der Waals surface area contributed by atoms with Crippen molar-refractivity contribution in [1.29, 1.82) is 0 Å². The first kappa shape index (κ1) is 10.4. The van der Waals surface area contributed by atoms with E-state index in [0.717, 1.165) is 5.69 Å². The van der Waals surface area contributed by atoms with Crippen LogP contribution in [0.25, 0.3) is 0 Å². The molecule has 3 heteroatoms. The Labute approximate surface area is 83.1 Å². The predicted octanol–water partition coefficient (Wildman–Crippen LogP) is 3.32. The highest BCUT2D eigenvalue weighted by Crippen LogP contribution is 2.23. The van der Waals surface area contributed by atoms with E-state index in [1.165, 1.54) is 12.1 Å². The molecule has 0 radical (unpaired) electrons. The second-order valence-corrected chi connectivity index (χ2v) is 3.84. The van der Waals surface area contributed by atoms with Crippen LogP contribution in [-0.2, 0) is 0 Å². The maximum atomic E-state index is 12.6. The van der Waals surface area contributed by atoms with Gasteiger partial charge in [-0.1, -0.05) is 11.9 Å². The average Bonchev–Trinajstić information content (AvgIpc) is 2.09. The Balaban J connectivity index is 2.86. The fraction of sp³-hybridized carbons (Fsp3) is 0.400. The molecule has 13 heavy (non-hydrogen) atoms. The van der Waals surface area contributed by atoms with Gasteiger partial charge in [-0.25, -0.2) is 4.39 Å². The summed E-state index contributed by atoms with van der Waals surface area (Å²) >= 11 is 1.65. The number of nitrogens with zero attached hydrogens (tertiary/aromatic N) is 1. The molecule has 72 valence electrons. The van der Waals surface area contributed by atoms with Crippen LogP contribution in [0, 0.1) is 5.82 Å². The van der Waals surface area contributed by atoms with Gasteiger partial charge in [-0.15, -0.1) is 0 Å². The van der Waals surface area contributed by atoms with Crippen LogP contribution in [-0.4, -0.2) is 12.3 Å². The maximum absolute atomic E-state index is 12.6. The molecule has 1 aromatic carbocycles. The van der Waals surface area contributed by atoms with Crippen LogP contribution in [0.4, 0.5) is 10.1 Å². The number of hydrogen-bond acceptors (Lipinski definition) is 2. The minimum absolute atomic E-state index is 0.187. The SMILES string of the molecule is CSN(c1ccc(F)cc1)C(C)C. The standard InChI is InChI=1S/C10H14FNS/c1-8(2)12(13-3)10-6-4-9(11)5-7-10/h4-8H,1-3H3. The molecule has 0 aliphatic carbocycles. The van der Waals surface area contributed by atoms with Crippen molar-refractivity contribution in [1.82, 2.24) is 0 Å². The van der Waals surface area contributed by atoms with Crippen molar-refractivity contribution >= 4 is 17.6 Å². The van der Waals surface area contributed by atoms with Crippen LogP contribution in [0.2, 0.25) is 0 Å². The molecule has 0 atom stereocenters. The minimum Gasteiger partial charge on any atom is -0.314 e. The maximum Gasteiger partial charge on any atom is 0.123 e.